The lowest BCUT2D eigenvalue weighted by Crippen LogP contribution is -2.32. The molecule has 4 aromatic carbocycles. The summed E-state index contributed by atoms with van der Waals surface area (Å²) in [4.78, 5) is 27.4. The Balaban J connectivity index is 1.55. The van der Waals surface area contributed by atoms with E-state index in [0.29, 0.717) is 41.5 Å². The van der Waals surface area contributed by atoms with Gasteiger partial charge in [-0.05, 0) is 73.7 Å². The van der Waals surface area contributed by atoms with Gasteiger partial charge in [-0.2, -0.15) is 0 Å². The Labute approximate surface area is 240 Å². The van der Waals surface area contributed by atoms with Crippen LogP contribution in [0.1, 0.15) is 49.4 Å². The van der Waals surface area contributed by atoms with E-state index in [4.69, 9.17) is 14.2 Å². The molecule has 1 N–H and O–H groups in total. The summed E-state index contributed by atoms with van der Waals surface area (Å²) >= 11 is 0. The molecule has 0 atom stereocenters. The summed E-state index contributed by atoms with van der Waals surface area (Å²) in [6.07, 6.45) is 1.64. The predicted octanol–water partition coefficient (Wildman–Crippen LogP) is 7.09. The molecule has 0 unspecified atom stereocenters. The van der Waals surface area contributed by atoms with E-state index in [1.807, 2.05) is 42.2 Å². The van der Waals surface area contributed by atoms with E-state index in [1.165, 1.54) is 5.56 Å². The number of carbonyl (C=O) groups is 2. The van der Waals surface area contributed by atoms with Gasteiger partial charge >= 0.3 is 5.97 Å². The van der Waals surface area contributed by atoms with Gasteiger partial charge in [-0.15, -0.1) is 0 Å². The second kappa shape index (κ2) is 13.5. The molecule has 41 heavy (non-hydrogen) atoms. The van der Waals surface area contributed by atoms with Gasteiger partial charge in [0.05, 0.1) is 14.2 Å². The van der Waals surface area contributed by atoms with Crippen LogP contribution in [-0.4, -0.2) is 42.6 Å². The maximum Gasteiger partial charge on any atom is 0.339 e. The topological polar surface area (TPSA) is 85.3 Å². The molecule has 0 heterocycles. The lowest BCUT2D eigenvalue weighted by Gasteiger charge is -2.24. The van der Waals surface area contributed by atoms with Crippen LogP contribution in [0.15, 0.2) is 84.9 Å². The maximum atomic E-state index is 13.8. The smallest absolute Gasteiger partial charge is 0.339 e. The summed E-state index contributed by atoms with van der Waals surface area (Å²) in [7, 11) is 3.15. The molecule has 0 saturated carbocycles. The fourth-order valence-electron chi connectivity index (χ4n) is 4.77. The Morgan fingerprint density at radius 2 is 1.44 bits per heavy atom. The van der Waals surface area contributed by atoms with E-state index in [1.54, 1.807) is 63.6 Å². The molecule has 0 bridgehead atoms. The first kappa shape index (κ1) is 29.2. The molecule has 212 valence electrons. The third-order valence-corrected chi connectivity index (χ3v) is 7.00. The van der Waals surface area contributed by atoms with Crippen LogP contribution in [0, 0.1) is 13.8 Å². The number of nitrogens with zero attached hydrogens (tertiary/aromatic N) is 1. The van der Waals surface area contributed by atoms with Crippen molar-refractivity contribution in [1.82, 2.24) is 4.90 Å². The number of carboxylic acids is 1. The molecule has 1 amide bonds. The molecule has 4 rings (SSSR count). The number of aromatic carboxylic acids is 1. The lowest BCUT2D eigenvalue weighted by atomic mass is 10.1. The second-order valence-electron chi connectivity index (χ2n) is 9.82. The number of rotatable bonds is 12. The molecule has 0 aliphatic carbocycles. The molecule has 7 heteroatoms. The summed E-state index contributed by atoms with van der Waals surface area (Å²) < 4.78 is 16.9. The number of aryl methyl sites for hydroxylation is 2. The van der Waals surface area contributed by atoms with Crippen molar-refractivity contribution in [3.8, 4) is 23.0 Å². The van der Waals surface area contributed by atoms with E-state index >= 15 is 0 Å². The maximum absolute atomic E-state index is 13.8. The Morgan fingerprint density at radius 1 is 0.780 bits per heavy atom. The standard InChI is InChI=1S/C34H35NO6/c1-23-10-8-14-29(32(23)34(37)38)41-28-17-15-26(16-18-28)22-35(19-9-13-25-11-6-5-7-12-25)33(36)27-20-30(39-3)24(2)31(21-27)40-4/h5-8,10-12,14-18,20-21H,9,13,19,22H2,1-4H3,(H,37,38). The molecule has 0 saturated heterocycles. The number of ether oxygens (including phenoxy) is 3. The number of carboxylic acid groups (broad SMARTS) is 1. The molecule has 0 aliphatic heterocycles. The summed E-state index contributed by atoms with van der Waals surface area (Å²) in [5.41, 5.74) is 4.22. The first-order chi connectivity index (χ1) is 19.8. The fourth-order valence-corrected chi connectivity index (χ4v) is 4.77. The van der Waals surface area contributed by atoms with Crippen molar-refractivity contribution in [2.75, 3.05) is 20.8 Å². The number of amides is 1. The highest BCUT2D eigenvalue weighted by atomic mass is 16.5. The van der Waals surface area contributed by atoms with Crippen LogP contribution in [0.4, 0.5) is 0 Å². The van der Waals surface area contributed by atoms with Gasteiger partial charge in [0.15, 0.2) is 0 Å². The van der Waals surface area contributed by atoms with Crippen LogP contribution in [0.3, 0.4) is 0 Å². The Hall–Kier alpha value is -4.78. The lowest BCUT2D eigenvalue weighted by molar-refractivity contribution is 0.0692. The largest absolute Gasteiger partial charge is 0.496 e. The van der Waals surface area contributed by atoms with Gasteiger partial charge in [0.1, 0.15) is 28.6 Å². The first-order valence-electron chi connectivity index (χ1n) is 13.5. The Bertz CT molecular complexity index is 1470. The van der Waals surface area contributed by atoms with Crippen molar-refractivity contribution in [1.29, 1.82) is 0 Å². The highest BCUT2D eigenvalue weighted by Crippen LogP contribution is 2.31. The molecule has 0 radical (unpaired) electrons. The van der Waals surface area contributed by atoms with Crippen LogP contribution in [0.25, 0.3) is 0 Å². The van der Waals surface area contributed by atoms with Crippen LogP contribution < -0.4 is 14.2 Å². The van der Waals surface area contributed by atoms with Gasteiger partial charge < -0.3 is 24.2 Å². The van der Waals surface area contributed by atoms with Crippen LogP contribution >= 0.6 is 0 Å². The predicted molar refractivity (Wildman–Crippen MR) is 158 cm³/mol. The highest BCUT2D eigenvalue weighted by molar-refractivity contribution is 5.95. The van der Waals surface area contributed by atoms with Crippen molar-refractivity contribution in [2.24, 2.45) is 0 Å². The van der Waals surface area contributed by atoms with Crippen molar-refractivity contribution < 1.29 is 28.9 Å². The number of hydrogen-bond donors (Lipinski definition) is 1. The van der Waals surface area contributed by atoms with Gasteiger partial charge in [0, 0.05) is 24.2 Å². The molecule has 7 nitrogen and oxygen atoms in total. The average molecular weight is 554 g/mol. The van der Waals surface area contributed by atoms with E-state index in [0.717, 1.165) is 24.0 Å². The van der Waals surface area contributed by atoms with Crippen molar-refractivity contribution in [3.63, 3.8) is 0 Å². The number of benzene rings is 4. The molecule has 0 aromatic heterocycles. The number of hydrogen-bond acceptors (Lipinski definition) is 5. The molecule has 0 spiro atoms. The minimum Gasteiger partial charge on any atom is -0.496 e. The quantitative estimate of drug-likeness (QED) is 0.202. The van der Waals surface area contributed by atoms with E-state index in [2.05, 4.69) is 12.1 Å². The minimum absolute atomic E-state index is 0.124. The van der Waals surface area contributed by atoms with Crippen LogP contribution in [-0.2, 0) is 13.0 Å². The van der Waals surface area contributed by atoms with Gasteiger partial charge in [0.2, 0.25) is 0 Å². The van der Waals surface area contributed by atoms with Crippen molar-refractivity contribution >= 4 is 11.9 Å². The summed E-state index contributed by atoms with van der Waals surface area (Å²) in [5.74, 6) is 0.817. The third kappa shape index (κ3) is 7.25. The second-order valence-corrected chi connectivity index (χ2v) is 9.82. The monoisotopic (exact) mass is 553 g/mol. The van der Waals surface area contributed by atoms with E-state index < -0.39 is 5.97 Å². The zero-order valence-electron chi connectivity index (χ0n) is 23.8. The van der Waals surface area contributed by atoms with Gasteiger partial charge in [-0.3, -0.25) is 4.79 Å². The Morgan fingerprint density at radius 3 is 2.05 bits per heavy atom. The summed E-state index contributed by atoms with van der Waals surface area (Å²) in [6, 6.07) is 26.2. The minimum atomic E-state index is -1.04. The molecule has 0 fully saturated rings. The average Bonchev–Trinajstić information content (AvgIpc) is 2.97. The first-order valence-corrected chi connectivity index (χ1v) is 13.5. The summed E-state index contributed by atoms with van der Waals surface area (Å²) in [6.45, 7) is 4.57. The van der Waals surface area contributed by atoms with E-state index in [-0.39, 0.29) is 17.2 Å². The zero-order valence-corrected chi connectivity index (χ0v) is 23.8. The number of methoxy groups -OCH3 is 2. The fraction of sp³-hybridized carbons (Fsp3) is 0.235. The Kier molecular flexibility index (Phi) is 9.64. The SMILES string of the molecule is COc1cc(C(=O)N(CCCc2ccccc2)Cc2ccc(Oc3cccc(C)c3C(=O)O)cc2)cc(OC)c1C. The van der Waals surface area contributed by atoms with Crippen molar-refractivity contribution in [3.05, 3.63) is 118 Å². The number of carbonyl (C=O) groups excluding carboxylic acids is 1. The normalized spacial score (nSPS) is 10.6. The summed E-state index contributed by atoms with van der Waals surface area (Å²) in [5, 5.41) is 9.61. The van der Waals surface area contributed by atoms with Crippen LogP contribution in [0.5, 0.6) is 23.0 Å². The highest BCUT2D eigenvalue weighted by Gasteiger charge is 2.20. The van der Waals surface area contributed by atoms with Gasteiger partial charge in [-0.25, -0.2) is 4.79 Å². The molecule has 4 aromatic rings. The molecular weight excluding hydrogens is 518 g/mol. The molecular formula is C34H35NO6. The van der Waals surface area contributed by atoms with E-state index in [9.17, 15) is 14.7 Å². The van der Waals surface area contributed by atoms with Crippen molar-refractivity contribution in [2.45, 2.75) is 33.2 Å². The van der Waals surface area contributed by atoms with Gasteiger partial charge in [-0.1, -0.05) is 54.6 Å². The van der Waals surface area contributed by atoms with Crippen LogP contribution in [0.2, 0.25) is 0 Å². The third-order valence-electron chi connectivity index (χ3n) is 7.00. The zero-order chi connectivity index (χ0) is 29.4. The van der Waals surface area contributed by atoms with Gasteiger partial charge in [0.25, 0.3) is 5.91 Å². The molecule has 0 aliphatic rings.